The molecule has 1 aromatic carbocycles. The van der Waals surface area contributed by atoms with Gasteiger partial charge in [-0.25, -0.2) is 8.42 Å². The van der Waals surface area contributed by atoms with Gasteiger partial charge in [0.2, 0.25) is 0 Å². The van der Waals surface area contributed by atoms with Gasteiger partial charge in [0.05, 0.1) is 18.4 Å². The van der Waals surface area contributed by atoms with Crippen LogP contribution in [0.5, 0.6) is 0 Å². The molecule has 1 aliphatic heterocycles. The van der Waals surface area contributed by atoms with Gasteiger partial charge < -0.3 is 0 Å². The third-order valence-electron chi connectivity index (χ3n) is 3.36. The van der Waals surface area contributed by atoms with Crippen molar-refractivity contribution >= 4 is 27.3 Å². The van der Waals surface area contributed by atoms with Crippen molar-refractivity contribution in [3.8, 4) is 0 Å². The maximum Gasteiger partial charge on any atom is 0.267 e. The zero-order valence-corrected chi connectivity index (χ0v) is 12.3. The van der Waals surface area contributed by atoms with Crippen LogP contribution in [0.1, 0.15) is 5.56 Å². The summed E-state index contributed by atoms with van der Waals surface area (Å²) in [5, 5.41) is 4.03. The Morgan fingerprint density at radius 3 is 2.90 bits per heavy atom. The molecule has 1 aliphatic rings. The largest absolute Gasteiger partial charge is 0.270 e. The highest BCUT2D eigenvalue weighted by molar-refractivity contribution is 7.92. The third kappa shape index (κ3) is 2.19. The standard InChI is InChI=1S/C13H14ClN3O2S/c14-6-8-16-10-12(9-15-16)20(18,19)17-7-5-11-3-1-2-4-13(11)17/h1-4,9-10H,5-8H2. The minimum Gasteiger partial charge on any atom is -0.270 e. The van der Waals surface area contributed by atoms with E-state index < -0.39 is 10.0 Å². The summed E-state index contributed by atoms with van der Waals surface area (Å²) in [6.45, 7) is 0.968. The summed E-state index contributed by atoms with van der Waals surface area (Å²) in [6, 6.07) is 7.57. The van der Waals surface area contributed by atoms with Crippen LogP contribution in [0.4, 0.5) is 5.69 Å². The number of nitrogens with zero attached hydrogens (tertiary/aromatic N) is 3. The number of hydrogen-bond donors (Lipinski definition) is 0. The van der Waals surface area contributed by atoms with Crippen LogP contribution in [0.25, 0.3) is 0 Å². The number of aromatic nitrogens is 2. The van der Waals surface area contributed by atoms with Crippen molar-refractivity contribution in [2.24, 2.45) is 0 Å². The molecule has 0 radical (unpaired) electrons. The van der Waals surface area contributed by atoms with Crippen LogP contribution in [-0.2, 0) is 23.0 Å². The number of aryl methyl sites for hydroxylation is 1. The Labute approximate surface area is 122 Å². The number of para-hydroxylation sites is 1. The maximum atomic E-state index is 12.7. The number of alkyl halides is 1. The lowest BCUT2D eigenvalue weighted by molar-refractivity contribution is 0.591. The minimum absolute atomic E-state index is 0.208. The number of rotatable bonds is 4. The predicted molar refractivity (Wildman–Crippen MR) is 77.6 cm³/mol. The summed E-state index contributed by atoms with van der Waals surface area (Å²) in [7, 11) is -3.54. The molecule has 0 bridgehead atoms. The molecular formula is C13H14ClN3O2S. The van der Waals surface area contributed by atoms with Crippen molar-refractivity contribution in [1.29, 1.82) is 0 Å². The van der Waals surface area contributed by atoms with Crippen LogP contribution in [0, 0.1) is 0 Å². The zero-order valence-electron chi connectivity index (χ0n) is 10.7. The molecule has 3 rings (SSSR count). The van der Waals surface area contributed by atoms with Gasteiger partial charge in [0.25, 0.3) is 10.0 Å². The summed E-state index contributed by atoms with van der Waals surface area (Å²) in [5.74, 6) is 0.397. The lowest BCUT2D eigenvalue weighted by Gasteiger charge is -2.18. The van der Waals surface area contributed by atoms with E-state index in [0.717, 1.165) is 17.7 Å². The molecule has 0 fully saturated rings. The van der Waals surface area contributed by atoms with Gasteiger partial charge in [0, 0.05) is 18.6 Å². The zero-order chi connectivity index (χ0) is 14.2. The summed E-state index contributed by atoms with van der Waals surface area (Å²) in [4.78, 5) is 0.208. The summed E-state index contributed by atoms with van der Waals surface area (Å²) >= 11 is 5.63. The molecule has 7 heteroatoms. The number of benzene rings is 1. The van der Waals surface area contributed by atoms with Crippen molar-refractivity contribution in [1.82, 2.24) is 9.78 Å². The highest BCUT2D eigenvalue weighted by Crippen LogP contribution is 2.32. The van der Waals surface area contributed by atoms with E-state index in [1.54, 1.807) is 4.68 Å². The highest BCUT2D eigenvalue weighted by atomic mass is 35.5. The van der Waals surface area contributed by atoms with E-state index in [2.05, 4.69) is 5.10 Å². The van der Waals surface area contributed by atoms with Crippen LogP contribution >= 0.6 is 11.6 Å². The molecule has 0 unspecified atom stereocenters. The Morgan fingerprint density at radius 1 is 1.30 bits per heavy atom. The first-order valence-corrected chi connectivity index (χ1v) is 8.29. The molecule has 0 saturated carbocycles. The Balaban J connectivity index is 1.96. The fourth-order valence-corrected chi connectivity index (χ4v) is 4.00. The van der Waals surface area contributed by atoms with E-state index in [4.69, 9.17) is 11.6 Å². The average Bonchev–Trinajstić information content (AvgIpc) is 3.05. The van der Waals surface area contributed by atoms with E-state index in [-0.39, 0.29) is 4.90 Å². The Kier molecular flexibility index (Phi) is 3.43. The van der Waals surface area contributed by atoms with Gasteiger partial charge in [-0.2, -0.15) is 5.10 Å². The van der Waals surface area contributed by atoms with Crippen molar-refractivity contribution < 1.29 is 8.42 Å². The van der Waals surface area contributed by atoms with Crippen LogP contribution < -0.4 is 4.31 Å². The van der Waals surface area contributed by atoms with E-state index in [1.165, 1.54) is 16.7 Å². The van der Waals surface area contributed by atoms with E-state index in [0.29, 0.717) is 19.0 Å². The number of halogens is 1. The van der Waals surface area contributed by atoms with Crippen LogP contribution in [0.3, 0.4) is 0 Å². The van der Waals surface area contributed by atoms with Crippen LogP contribution in [-0.4, -0.2) is 30.6 Å². The fourth-order valence-electron chi connectivity index (χ4n) is 2.37. The summed E-state index contributed by atoms with van der Waals surface area (Å²) in [5.41, 5.74) is 1.82. The van der Waals surface area contributed by atoms with E-state index >= 15 is 0 Å². The van der Waals surface area contributed by atoms with Gasteiger partial charge in [-0.15, -0.1) is 11.6 Å². The Bertz CT molecular complexity index is 727. The average molecular weight is 312 g/mol. The molecule has 106 valence electrons. The molecule has 2 heterocycles. The number of sulfonamides is 1. The SMILES string of the molecule is O=S(=O)(c1cnn(CCCl)c1)N1CCc2ccccc21. The predicted octanol–water partition coefficient (Wildman–Crippen LogP) is 1.87. The lowest BCUT2D eigenvalue weighted by Crippen LogP contribution is -2.28. The molecule has 20 heavy (non-hydrogen) atoms. The quantitative estimate of drug-likeness (QED) is 0.810. The first-order valence-electron chi connectivity index (χ1n) is 6.32. The lowest BCUT2D eigenvalue weighted by atomic mass is 10.2. The summed E-state index contributed by atoms with van der Waals surface area (Å²) in [6.07, 6.45) is 3.65. The topological polar surface area (TPSA) is 55.2 Å². The minimum atomic E-state index is -3.54. The van der Waals surface area contributed by atoms with Gasteiger partial charge in [0.1, 0.15) is 4.90 Å². The fraction of sp³-hybridized carbons (Fsp3) is 0.308. The van der Waals surface area contributed by atoms with E-state index in [9.17, 15) is 8.42 Å². The molecule has 0 aliphatic carbocycles. The van der Waals surface area contributed by atoms with Gasteiger partial charge >= 0.3 is 0 Å². The molecule has 0 N–H and O–H groups in total. The van der Waals surface area contributed by atoms with Crippen molar-refractivity contribution in [3.05, 3.63) is 42.2 Å². The molecule has 0 amide bonds. The molecule has 0 atom stereocenters. The summed E-state index contributed by atoms with van der Waals surface area (Å²) < 4.78 is 28.3. The first kappa shape index (κ1) is 13.5. The second-order valence-corrected chi connectivity index (χ2v) is 6.82. The molecule has 2 aromatic rings. The van der Waals surface area contributed by atoms with Gasteiger partial charge in [-0.3, -0.25) is 8.99 Å². The number of hydrogen-bond acceptors (Lipinski definition) is 3. The van der Waals surface area contributed by atoms with Gasteiger partial charge in [-0.1, -0.05) is 18.2 Å². The number of fused-ring (bicyclic) bond motifs is 1. The van der Waals surface area contributed by atoms with Crippen molar-refractivity contribution in [2.75, 3.05) is 16.7 Å². The molecular weight excluding hydrogens is 298 g/mol. The molecule has 0 spiro atoms. The smallest absolute Gasteiger partial charge is 0.267 e. The van der Waals surface area contributed by atoms with Gasteiger partial charge in [-0.05, 0) is 18.1 Å². The van der Waals surface area contributed by atoms with Gasteiger partial charge in [0.15, 0.2) is 0 Å². The van der Waals surface area contributed by atoms with Crippen molar-refractivity contribution in [3.63, 3.8) is 0 Å². The second-order valence-electron chi connectivity index (χ2n) is 4.58. The van der Waals surface area contributed by atoms with Crippen LogP contribution in [0.15, 0.2) is 41.6 Å². The normalized spacial score (nSPS) is 14.6. The molecule has 1 aromatic heterocycles. The first-order chi connectivity index (χ1) is 9.63. The molecule has 0 saturated heterocycles. The Morgan fingerprint density at radius 2 is 2.10 bits per heavy atom. The van der Waals surface area contributed by atoms with Crippen LogP contribution in [0.2, 0.25) is 0 Å². The molecule has 5 nitrogen and oxygen atoms in total. The Hall–Kier alpha value is -1.53. The van der Waals surface area contributed by atoms with E-state index in [1.807, 2.05) is 24.3 Å². The second kappa shape index (κ2) is 5.10. The third-order valence-corrected chi connectivity index (χ3v) is 5.29. The highest BCUT2D eigenvalue weighted by Gasteiger charge is 2.31. The van der Waals surface area contributed by atoms with Crippen molar-refractivity contribution in [2.45, 2.75) is 17.9 Å². The maximum absolute atomic E-state index is 12.7. The monoisotopic (exact) mass is 311 g/mol. The number of anilines is 1.